The predicted molar refractivity (Wildman–Crippen MR) is 106 cm³/mol. The average Bonchev–Trinajstić information content (AvgIpc) is 2.85. The van der Waals surface area contributed by atoms with Crippen LogP contribution in [-0.4, -0.2) is 17.9 Å². The number of hydrogen-bond acceptors (Lipinski definition) is 3. The second-order valence-corrected chi connectivity index (χ2v) is 10.1. The lowest BCUT2D eigenvalue weighted by atomic mass is 9.47. The number of carbonyl (C=O) groups is 2. The quantitative estimate of drug-likeness (QED) is 0.483. The minimum atomic E-state index is -0.157. The average molecular weight is 371 g/mol. The van der Waals surface area contributed by atoms with Gasteiger partial charge in [-0.3, -0.25) is 9.59 Å². The standard InChI is InChI=1S/C24H34O3/c1-14-12-21-19-7-6-17-13-18(27-16(3)26)8-10-23(17,4)20(19)9-11-24(21,5)22(14)15(2)25/h6,18-21H,7-13H2,1-5H3/t18-,19-,20-,21-,23-,24+/m0/s1. The van der Waals surface area contributed by atoms with E-state index in [0.717, 1.165) is 44.1 Å². The number of esters is 1. The molecule has 4 aliphatic carbocycles. The number of fused-ring (bicyclic) bond motifs is 5. The van der Waals surface area contributed by atoms with E-state index >= 15 is 0 Å². The molecule has 0 aliphatic heterocycles. The Kier molecular flexibility index (Phi) is 4.44. The van der Waals surface area contributed by atoms with E-state index in [0.29, 0.717) is 17.8 Å². The lowest BCUT2D eigenvalue weighted by Crippen LogP contribution is -2.50. The first kappa shape index (κ1) is 19.0. The third-order valence-corrected chi connectivity index (χ3v) is 8.66. The van der Waals surface area contributed by atoms with Gasteiger partial charge in [-0.05, 0) is 86.5 Å². The fourth-order valence-corrected chi connectivity index (χ4v) is 7.59. The molecular formula is C24H34O3. The van der Waals surface area contributed by atoms with E-state index in [2.05, 4.69) is 26.8 Å². The summed E-state index contributed by atoms with van der Waals surface area (Å²) in [6.07, 6.45) is 10.1. The fourth-order valence-electron chi connectivity index (χ4n) is 7.59. The second-order valence-electron chi connectivity index (χ2n) is 10.1. The molecular weight excluding hydrogens is 336 g/mol. The van der Waals surface area contributed by atoms with Crippen LogP contribution < -0.4 is 0 Å². The van der Waals surface area contributed by atoms with Gasteiger partial charge in [0, 0.05) is 13.3 Å². The molecule has 148 valence electrons. The molecule has 0 amide bonds. The summed E-state index contributed by atoms with van der Waals surface area (Å²) >= 11 is 0. The van der Waals surface area contributed by atoms with E-state index in [-0.39, 0.29) is 28.7 Å². The Labute approximate surface area is 163 Å². The maximum absolute atomic E-state index is 12.4. The maximum atomic E-state index is 12.4. The highest BCUT2D eigenvalue weighted by molar-refractivity contribution is 5.96. The van der Waals surface area contributed by atoms with E-state index in [9.17, 15) is 9.59 Å². The summed E-state index contributed by atoms with van der Waals surface area (Å²) in [5, 5.41) is 0. The SMILES string of the molecule is CC(=O)O[C@H]1CC[C@@]2(C)C(=CC[C@H]3[C@@H]2CC[C@@]2(C)C(C(C)=O)=C(C)C[C@@H]32)C1. The maximum Gasteiger partial charge on any atom is 0.302 e. The molecule has 0 aromatic heterocycles. The summed E-state index contributed by atoms with van der Waals surface area (Å²) in [4.78, 5) is 23.8. The van der Waals surface area contributed by atoms with E-state index < -0.39 is 0 Å². The summed E-state index contributed by atoms with van der Waals surface area (Å²) in [6, 6.07) is 0. The first-order valence-electron chi connectivity index (χ1n) is 10.7. The van der Waals surface area contributed by atoms with Crippen LogP contribution in [0.25, 0.3) is 0 Å². The molecule has 3 heteroatoms. The van der Waals surface area contributed by atoms with Gasteiger partial charge in [-0.2, -0.15) is 0 Å². The summed E-state index contributed by atoms with van der Waals surface area (Å²) in [5.41, 5.74) is 4.33. The lowest BCUT2D eigenvalue weighted by molar-refractivity contribution is -0.148. The molecule has 6 atom stereocenters. The zero-order chi connectivity index (χ0) is 19.6. The highest BCUT2D eigenvalue weighted by Crippen LogP contribution is 2.66. The third kappa shape index (κ3) is 2.76. The highest BCUT2D eigenvalue weighted by atomic mass is 16.5. The minimum Gasteiger partial charge on any atom is -0.462 e. The molecule has 0 bridgehead atoms. The van der Waals surface area contributed by atoms with Crippen molar-refractivity contribution in [3.63, 3.8) is 0 Å². The van der Waals surface area contributed by atoms with Crippen LogP contribution in [0.3, 0.4) is 0 Å². The van der Waals surface area contributed by atoms with Crippen LogP contribution in [0.4, 0.5) is 0 Å². The number of Topliss-reactive ketones (excluding diaryl/α,β-unsaturated/α-hetero) is 1. The van der Waals surface area contributed by atoms with Crippen molar-refractivity contribution >= 4 is 11.8 Å². The Hall–Kier alpha value is -1.38. The zero-order valence-electron chi connectivity index (χ0n) is 17.6. The lowest BCUT2D eigenvalue weighted by Gasteiger charge is -2.57. The Morgan fingerprint density at radius 3 is 2.41 bits per heavy atom. The van der Waals surface area contributed by atoms with Gasteiger partial charge in [0.25, 0.3) is 0 Å². The Balaban J connectivity index is 1.62. The van der Waals surface area contributed by atoms with Crippen LogP contribution in [0.5, 0.6) is 0 Å². The number of carbonyl (C=O) groups excluding carboxylic acids is 2. The van der Waals surface area contributed by atoms with E-state index in [4.69, 9.17) is 4.74 Å². The van der Waals surface area contributed by atoms with Gasteiger partial charge in [0.05, 0.1) is 0 Å². The van der Waals surface area contributed by atoms with Crippen molar-refractivity contribution in [3.8, 4) is 0 Å². The molecule has 3 nitrogen and oxygen atoms in total. The van der Waals surface area contributed by atoms with Crippen LogP contribution in [0.15, 0.2) is 22.8 Å². The summed E-state index contributed by atoms with van der Waals surface area (Å²) in [7, 11) is 0. The van der Waals surface area contributed by atoms with Crippen molar-refractivity contribution < 1.29 is 14.3 Å². The van der Waals surface area contributed by atoms with E-state index in [1.807, 2.05) is 0 Å². The van der Waals surface area contributed by atoms with Gasteiger partial charge in [0.2, 0.25) is 0 Å². The second kappa shape index (κ2) is 6.32. The van der Waals surface area contributed by atoms with Crippen LogP contribution in [0.1, 0.15) is 79.6 Å². The largest absolute Gasteiger partial charge is 0.462 e. The Morgan fingerprint density at radius 1 is 1.04 bits per heavy atom. The van der Waals surface area contributed by atoms with Crippen molar-refractivity contribution in [2.45, 2.75) is 85.7 Å². The van der Waals surface area contributed by atoms with Crippen LogP contribution in [0.2, 0.25) is 0 Å². The first-order valence-corrected chi connectivity index (χ1v) is 10.7. The molecule has 0 spiro atoms. The molecule has 2 saturated carbocycles. The number of ketones is 1. The van der Waals surface area contributed by atoms with Gasteiger partial charge >= 0.3 is 5.97 Å². The molecule has 27 heavy (non-hydrogen) atoms. The molecule has 4 aliphatic rings. The zero-order valence-corrected chi connectivity index (χ0v) is 17.6. The number of hydrogen-bond donors (Lipinski definition) is 0. The van der Waals surface area contributed by atoms with Gasteiger partial charge < -0.3 is 4.74 Å². The van der Waals surface area contributed by atoms with Gasteiger partial charge in [0.1, 0.15) is 6.10 Å². The van der Waals surface area contributed by atoms with E-state index in [1.54, 1.807) is 6.92 Å². The molecule has 0 heterocycles. The first-order chi connectivity index (χ1) is 12.7. The van der Waals surface area contributed by atoms with Gasteiger partial charge in [-0.15, -0.1) is 0 Å². The summed E-state index contributed by atoms with van der Waals surface area (Å²) in [6.45, 7) is 10.3. The van der Waals surface area contributed by atoms with Gasteiger partial charge in [-0.1, -0.05) is 31.1 Å². The third-order valence-electron chi connectivity index (χ3n) is 8.66. The van der Waals surface area contributed by atoms with Crippen LogP contribution in [0, 0.1) is 28.6 Å². The Morgan fingerprint density at radius 2 is 1.74 bits per heavy atom. The molecule has 0 aromatic rings. The predicted octanol–water partition coefficient (Wildman–Crippen LogP) is 5.40. The summed E-state index contributed by atoms with van der Waals surface area (Å²) in [5.74, 6) is 2.12. The van der Waals surface area contributed by atoms with Crippen LogP contribution >= 0.6 is 0 Å². The number of ether oxygens (including phenoxy) is 1. The minimum absolute atomic E-state index is 0.0620. The molecule has 0 N–H and O–H groups in total. The monoisotopic (exact) mass is 370 g/mol. The van der Waals surface area contributed by atoms with Crippen molar-refractivity contribution in [2.75, 3.05) is 0 Å². The number of rotatable bonds is 2. The van der Waals surface area contributed by atoms with Crippen molar-refractivity contribution in [1.82, 2.24) is 0 Å². The van der Waals surface area contributed by atoms with Crippen LogP contribution in [-0.2, 0) is 14.3 Å². The normalized spacial score (nSPS) is 43.4. The highest BCUT2D eigenvalue weighted by Gasteiger charge is 2.58. The molecule has 0 unspecified atom stereocenters. The molecule has 0 aromatic carbocycles. The van der Waals surface area contributed by atoms with Gasteiger partial charge in [-0.25, -0.2) is 0 Å². The van der Waals surface area contributed by atoms with Crippen molar-refractivity contribution in [3.05, 3.63) is 22.8 Å². The van der Waals surface area contributed by atoms with Gasteiger partial charge in [0.15, 0.2) is 5.78 Å². The molecule has 0 radical (unpaired) electrons. The molecule has 2 fully saturated rings. The smallest absolute Gasteiger partial charge is 0.302 e. The molecule has 4 rings (SSSR count). The number of allylic oxidation sites excluding steroid dienone is 3. The van der Waals surface area contributed by atoms with E-state index in [1.165, 1.54) is 24.5 Å². The Bertz CT molecular complexity index is 745. The topological polar surface area (TPSA) is 43.4 Å². The molecule has 0 saturated heterocycles. The van der Waals surface area contributed by atoms with Crippen molar-refractivity contribution in [1.29, 1.82) is 0 Å². The van der Waals surface area contributed by atoms with Crippen molar-refractivity contribution in [2.24, 2.45) is 28.6 Å². The summed E-state index contributed by atoms with van der Waals surface area (Å²) < 4.78 is 5.54. The fraction of sp³-hybridized carbons (Fsp3) is 0.750.